The van der Waals surface area contributed by atoms with Crippen LogP contribution >= 0.6 is 11.3 Å². The van der Waals surface area contributed by atoms with Crippen molar-refractivity contribution in [3.8, 4) is 0 Å². The van der Waals surface area contributed by atoms with Crippen LogP contribution in [0.2, 0.25) is 0 Å². The Balaban J connectivity index is 1.59. The van der Waals surface area contributed by atoms with Gasteiger partial charge in [-0.2, -0.15) is 0 Å². The van der Waals surface area contributed by atoms with Gasteiger partial charge >= 0.3 is 0 Å². The average Bonchev–Trinajstić information content (AvgIpc) is 3.34. The van der Waals surface area contributed by atoms with E-state index >= 15 is 0 Å². The van der Waals surface area contributed by atoms with Crippen molar-refractivity contribution in [1.82, 2.24) is 9.80 Å². The summed E-state index contributed by atoms with van der Waals surface area (Å²) in [6.07, 6.45) is 0.870. The van der Waals surface area contributed by atoms with E-state index in [0.29, 0.717) is 31.1 Å². The fourth-order valence-electron chi connectivity index (χ4n) is 5.11. The summed E-state index contributed by atoms with van der Waals surface area (Å²) in [5.74, 6) is 0.0585. The minimum atomic E-state index is -0.397. The number of nitrogens with zero attached hydrogens (tertiary/aromatic N) is 2. The van der Waals surface area contributed by atoms with Gasteiger partial charge in [-0.05, 0) is 46.5 Å². The Morgan fingerprint density at radius 1 is 1.03 bits per heavy atom. The normalized spacial score (nSPS) is 20.3. The van der Waals surface area contributed by atoms with E-state index in [0.717, 1.165) is 16.9 Å². The Labute approximate surface area is 193 Å². The van der Waals surface area contributed by atoms with Crippen LogP contribution in [0.1, 0.15) is 57.7 Å². The molecular formula is C27H28N2O2S. The minimum absolute atomic E-state index is 0.0285. The lowest BCUT2D eigenvalue weighted by Gasteiger charge is -2.44. The first-order chi connectivity index (χ1) is 15.5. The zero-order valence-corrected chi connectivity index (χ0v) is 19.3. The highest BCUT2D eigenvalue weighted by atomic mass is 32.1. The molecule has 0 aliphatic carbocycles. The molecule has 0 spiro atoms. The van der Waals surface area contributed by atoms with E-state index in [9.17, 15) is 9.59 Å². The van der Waals surface area contributed by atoms with Crippen molar-refractivity contribution in [3.63, 3.8) is 0 Å². The van der Waals surface area contributed by atoms with E-state index in [4.69, 9.17) is 0 Å². The van der Waals surface area contributed by atoms with Crippen molar-refractivity contribution in [3.05, 3.63) is 93.2 Å². The number of carbonyl (C=O) groups excluding carboxylic acids is 2. The molecule has 0 radical (unpaired) electrons. The molecule has 0 fully saturated rings. The maximum atomic E-state index is 14.2. The van der Waals surface area contributed by atoms with Gasteiger partial charge in [0.25, 0.3) is 5.91 Å². The van der Waals surface area contributed by atoms with Crippen LogP contribution in [-0.4, -0.2) is 34.7 Å². The SMILES string of the molecule is CC(C)CN1C(=O)c2ccccc2[C@H](C(=O)N2CCc3ccccc3C2)[C@@H]1c1cccs1. The first kappa shape index (κ1) is 21.0. The van der Waals surface area contributed by atoms with Gasteiger partial charge in [0, 0.05) is 30.1 Å². The van der Waals surface area contributed by atoms with E-state index in [1.807, 2.05) is 51.6 Å². The summed E-state index contributed by atoms with van der Waals surface area (Å²) in [4.78, 5) is 32.7. The third-order valence-electron chi connectivity index (χ3n) is 6.54. The Kier molecular flexibility index (Phi) is 5.60. The van der Waals surface area contributed by atoms with Crippen molar-refractivity contribution in [2.75, 3.05) is 13.1 Å². The number of amides is 2. The summed E-state index contributed by atoms with van der Waals surface area (Å²) >= 11 is 1.63. The number of hydrogen-bond donors (Lipinski definition) is 0. The summed E-state index contributed by atoms with van der Waals surface area (Å²) in [7, 11) is 0. The summed E-state index contributed by atoms with van der Waals surface area (Å²) in [5.41, 5.74) is 4.07. The Bertz CT molecular complexity index is 1140. The Morgan fingerprint density at radius 3 is 2.53 bits per heavy atom. The monoisotopic (exact) mass is 444 g/mol. The van der Waals surface area contributed by atoms with Crippen LogP contribution in [0.25, 0.3) is 0 Å². The van der Waals surface area contributed by atoms with Crippen LogP contribution in [0.4, 0.5) is 0 Å². The van der Waals surface area contributed by atoms with Crippen LogP contribution < -0.4 is 0 Å². The molecule has 2 aliphatic heterocycles. The third kappa shape index (κ3) is 3.65. The van der Waals surface area contributed by atoms with E-state index in [2.05, 4.69) is 38.1 Å². The Hall–Kier alpha value is -2.92. The minimum Gasteiger partial charge on any atom is -0.337 e. The molecular weight excluding hydrogens is 416 g/mol. The number of thiophene rings is 1. The highest BCUT2D eigenvalue weighted by Gasteiger charge is 2.46. The van der Waals surface area contributed by atoms with E-state index < -0.39 is 5.92 Å². The van der Waals surface area contributed by atoms with Gasteiger partial charge in [-0.1, -0.05) is 62.4 Å². The van der Waals surface area contributed by atoms with E-state index in [1.54, 1.807) is 11.3 Å². The number of hydrogen-bond acceptors (Lipinski definition) is 3. The number of rotatable bonds is 4. The molecule has 4 nitrogen and oxygen atoms in total. The molecule has 0 saturated carbocycles. The molecule has 2 amide bonds. The fraction of sp³-hybridized carbons (Fsp3) is 0.333. The van der Waals surface area contributed by atoms with Gasteiger partial charge in [-0.15, -0.1) is 11.3 Å². The molecule has 5 rings (SSSR count). The molecule has 0 unspecified atom stereocenters. The van der Waals surface area contributed by atoms with Crippen molar-refractivity contribution < 1.29 is 9.59 Å². The number of fused-ring (bicyclic) bond motifs is 2. The van der Waals surface area contributed by atoms with Gasteiger partial charge in [0.05, 0.1) is 12.0 Å². The number of benzene rings is 2. The second-order valence-electron chi connectivity index (χ2n) is 9.16. The van der Waals surface area contributed by atoms with Crippen molar-refractivity contribution >= 4 is 23.2 Å². The second kappa shape index (κ2) is 8.55. The van der Waals surface area contributed by atoms with Gasteiger partial charge in [0.2, 0.25) is 5.91 Å². The largest absolute Gasteiger partial charge is 0.337 e. The lowest BCUT2D eigenvalue weighted by Crippen LogP contribution is -2.49. The maximum absolute atomic E-state index is 14.2. The molecule has 2 aromatic carbocycles. The average molecular weight is 445 g/mol. The predicted molar refractivity (Wildman–Crippen MR) is 128 cm³/mol. The van der Waals surface area contributed by atoms with Gasteiger partial charge in [0.15, 0.2) is 0 Å². The van der Waals surface area contributed by atoms with E-state index in [1.165, 1.54) is 11.1 Å². The van der Waals surface area contributed by atoms with Gasteiger partial charge < -0.3 is 9.80 Å². The third-order valence-corrected chi connectivity index (χ3v) is 7.49. The van der Waals surface area contributed by atoms with Crippen LogP contribution in [0.5, 0.6) is 0 Å². The lowest BCUT2D eigenvalue weighted by atomic mass is 9.80. The topological polar surface area (TPSA) is 40.6 Å². The maximum Gasteiger partial charge on any atom is 0.254 e. The van der Waals surface area contributed by atoms with Crippen molar-refractivity contribution in [1.29, 1.82) is 0 Å². The second-order valence-corrected chi connectivity index (χ2v) is 10.1. The molecule has 2 aliphatic rings. The zero-order chi connectivity index (χ0) is 22.2. The highest BCUT2D eigenvalue weighted by molar-refractivity contribution is 7.10. The standard InChI is InChI=1S/C27H28N2O2S/c1-18(2)16-29-25(23-12-7-15-32-23)24(21-10-5-6-11-22(21)26(29)30)27(31)28-14-13-19-8-3-4-9-20(19)17-28/h3-12,15,18,24-25H,13-14,16-17H2,1-2H3/t24-,25-/m0/s1. The molecule has 32 heavy (non-hydrogen) atoms. The molecule has 1 aromatic heterocycles. The van der Waals surface area contributed by atoms with Gasteiger partial charge in [0.1, 0.15) is 0 Å². The van der Waals surface area contributed by atoms with Crippen molar-refractivity contribution in [2.45, 2.75) is 38.8 Å². The van der Waals surface area contributed by atoms with Crippen LogP contribution in [-0.2, 0) is 17.8 Å². The molecule has 0 N–H and O–H groups in total. The van der Waals surface area contributed by atoms with Gasteiger partial charge in [-0.25, -0.2) is 0 Å². The summed E-state index contributed by atoms with van der Waals surface area (Å²) in [6.45, 7) is 6.21. The quantitative estimate of drug-likeness (QED) is 0.550. The molecule has 164 valence electrons. The first-order valence-corrected chi connectivity index (χ1v) is 12.2. The summed E-state index contributed by atoms with van der Waals surface area (Å²) in [5, 5.41) is 2.03. The van der Waals surface area contributed by atoms with Crippen LogP contribution in [0, 0.1) is 5.92 Å². The predicted octanol–water partition coefficient (Wildman–Crippen LogP) is 5.27. The summed E-state index contributed by atoms with van der Waals surface area (Å²) < 4.78 is 0. The van der Waals surface area contributed by atoms with Crippen LogP contribution in [0.3, 0.4) is 0 Å². The molecule has 3 aromatic rings. The molecule has 3 heterocycles. The van der Waals surface area contributed by atoms with Crippen LogP contribution in [0.15, 0.2) is 66.0 Å². The smallest absolute Gasteiger partial charge is 0.254 e. The van der Waals surface area contributed by atoms with E-state index in [-0.39, 0.29) is 17.9 Å². The first-order valence-electron chi connectivity index (χ1n) is 11.3. The zero-order valence-electron chi connectivity index (χ0n) is 18.5. The number of carbonyl (C=O) groups is 2. The molecule has 2 atom stereocenters. The summed E-state index contributed by atoms with van der Waals surface area (Å²) in [6, 6.07) is 19.9. The molecule has 5 heteroatoms. The molecule has 0 bridgehead atoms. The fourth-order valence-corrected chi connectivity index (χ4v) is 5.98. The highest BCUT2D eigenvalue weighted by Crippen LogP contribution is 2.45. The Morgan fingerprint density at radius 2 is 1.78 bits per heavy atom. The van der Waals surface area contributed by atoms with Gasteiger partial charge in [-0.3, -0.25) is 9.59 Å². The molecule has 0 saturated heterocycles. The van der Waals surface area contributed by atoms with Crippen molar-refractivity contribution in [2.24, 2.45) is 5.92 Å². The lowest BCUT2D eigenvalue weighted by molar-refractivity contribution is -0.135.